The Morgan fingerprint density at radius 1 is 1.08 bits per heavy atom. The molecule has 0 N–H and O–H groups in total. The smallest absolute Gasteiger partial charge is 0.323 e. The summed E-state index contributed by atoms with van der Waals surface area (Å²) >= 11 is 11.8. The van der Waals surface area contributed by atoms with E-state index in [0.29, 0.717) is 20.4 Å². The van der Waals surface area contributed by atoms with Gasteiger partial charge in [0, 0.05) is 16.1 Å². The van der Waals surface area contributed by atoms with Gasteiger partial charge in [-0.2, -0.15) is 0 Å². The second-order valence-corrected chi connectivity index (χ2v) is 6.93. The van der Waals surface area contributed by atoms with Gasteiger partial charge in [-0.1, -0.05) is 59.6 Å². The number of halogens is 2. The summed E-state index contributed by atoms with van der Waals surface area (Å²) in [5, 5.41) is 0.750. The van der Waals surface area contributed by atoms with Crippen LogP contribution in [0, 0.1) is 10.8 Å². The maximum atomic E-state index is 12.5. The van der Waals surface area contributed by atoms with Crippen LogP contribution in [0.25, 0.3) is 0 Å². The van der Waals surface area contributed by atoms with Gasteiger partial charge in [0.2, 0.25) is 12.3 Å². The number of hydrogen-bond donors (Lipinski definition) is 0. The predicted molar refractivity (Wildman–Crippen MR) is 97.2 cm³/mol. The van der Waals surface area contributed by atoms with Gasteiger partial charge in [0.15, 0.2) is 5.92 Å². The number of carbonyl (C=O) groups is 2. The second-order valence-electron chi connectivity index (χ2n) is 6.12. The van der Waals surface area contributed by atoms with Crippen LogP contribution in [0.3, 0.4) is 0 Å². The van der Waals surface area contributed by atoms with Crippen LogP contribution in [0.5, 0.6) is 0 Å². The first-order valence-electron chi connectivity index (χ1n) is 8.07. The fraction of sp³-hybridized carbons (Fsp3) is 0.263. The molecule has 5 nitrogen and oxygen atoms in total. The molecule has 3 rings (SSSR count). The van der Waals surface area contributed by atoms with Crippen molar-refractivity contribution in [2.75, 3.05) is 6.54 Å². The normalized spacial score (nSPS) is 19.6. The zero-order valence-corrected chi connectivity index (χ0v) is 15.2. The van der Waals surface area contributed by atoms with Crippen molar-refractivity contribution in [3.63, 3.8) is 0 Å². The predicted octanol–water partition coefficient (Wildman–Crippen LogP) is 3.63. The maximum absolute atomic E-state index is 12.5. The van der Waals surface area contributed by atoms with E-state index < -0.39 is 23.7 Å². The molecule has 2 aromatic rings. The van der Waals surface area contributed by atoms with Crippen molar-refractivity contribution in [2.45, 2.75) is 19.1 Å². The highest BCUT2D eigenvalue weighted by Gasteiger charge is 2.52. The number of nitrogens with zero attached hydrogens (tertiary/aromatic N) is 1. The fourth-order valence-corrected chi connectivity index (χ4v) is 3.20. The standard InChI is InChI=1S/C19H16Cl2NO4/c20-15-7-6-13(8-16(15)21)9-17-18(23)14(10-22(17)25)19(24)26-11-12-4-2-1-3-5-12/h1-8,14,17H,9-11H2/q+1. The molecule has 7 heteroatoms. The van der Waals surface area contributed by atoms with Gasteiger partial charge in [0.1, 0.15) is 6.61 Å². The summed E-state index contributed by atoms with van der Waals surface area (Å²) in [5.41, 5.74) is 1.52. The molecule has 1 aliphatic heterocycles. The van der Waals surface area contributed by atoms with Crippen LogP contribution in [-0.2, 0) is 27.4 Å². The minimum atomic E-state index is -1.07. The Morgan fingerprint density at radius 2 is 1.81 bits per heavy atom. The average Bonchev–Trinajstić information content (AvgIpc) is 2.92. The van der Waals surface area contributed by atoms with Crippen molar-refractivity contribution in [3.8, 4) is 0 Å². The van der Waals surface area contributed by atoms with E-state index in [9.17, 15) is 14.5 Å². The van der Waals surface area contributed by atoms with Gasteiger partial charge in [0.25, 0.3) is 6.04 Å². The van der Waals surface area contributed by atoms with Crippen molar-refractivity contribution in [3.05, 3.63) is 74.6 Å². The lowest BCUT2D eigenvalue weighted by Crippen LogP contribution is -2.30. The Hall–Kier alpha value is -2.24. The fourth-order valence-electron chi connectivity index (χ4n) is 2.88. The van der Waals surface area contributed by atoms with Crippen LogP contribution < -0.4 is 0 Å². The first-order chi connectivity index (χ1) is 12.5. The highest BCUT2D eigenvalue weighted by Crippen LogP contribution is 2.26. The Labute approximate surface area is 160 Å². The Balaban J connectivity index is 1.64. The quantitative estimate of drug-likeness (QED) is 0.442. The van der Waals surface area contributed by atoms with E-state index in [1.807, 2.05) is 30.3 Å². The third-order valence-corrected chi connectivity index (χ3v) is 5.04. The summed E-state index contributed by atoms with van der Waals surface area (Å²) in [5.74, 6) is -2.16. The molecule has 1 fully saturated rings. The third kappa shape index (κ3) is 4.11. The molecule has 0 aromatic heterocycles. The Bertz CT molecular complexity index is 854. The molecule has 1 saturated heterocycles. The van der Waals surface area contributed by atoms with Gasteiger partial charge in [-0.05, 0) is 23.3 Å². The maximum Gasteiger partial charge on any atom is 0.323 e. The first kappa shape index (κ1) is 18.5. The lowest BCUT2D eigenvalue weighted by atomic mass is 9.98. The number of ether oxygens (including phenoxy) is 1. The van der Waals surface area contributed by atoms with Gasteiger partial charge < -0.3 is 4.74 Å². The zero-order chi connectivity index (χ0) is 18.7. The summed E-state index contributed by atoms with van der Waals surface area (Å²) in [6.07, 6.45) is 0.168. The second kappa shape index (κ2) is 7.98. The number of ketones is 1. The monoisotopic (exact) mass is 392 g/mol. The Kier molecular flexibility index (Phi) is 5.69. The van der Waals surface area contributed by atoms with Crippen molar-refractivity contribution in [1.82, 2.24) is 0 Å². The van der Waals surface area contributed by atoms with Crippen molar-refractivity contribution >= 4 is 35.0 Å². The molecular weight excluding hydrogens is 377 g/mol. The van der Waals surface area contributed by atoms with E-state index in [1.54, 1.807) is 18.2 Å². The number of Topliss-reactive ketones (excluding diaryl/α,β-unsaturated/α-hetero) is 1. The summed E-state index contributed by atoms with van der Waals surface area (Å²) in [7, 11) is 0. The molecular formula is C19H16Cl2NO4+. The molecule has 0 radical (unpaired) electrons. The molecule has 26 heavy (non-hydrogen) atoms. The SMILES string of the molecule is O=C(OCc1ccccc1)C1C[N+](=O)C(Cc2ccc(Cl)c(Cl)c2)C1=O. The number of carbonyl (C=O) groups excluding carboxylic acids is 2. The topological polar surface area (TPSA) is 63.5 Å². The molecule has 0 saturated carbocycles. The van der Waals surface area contributed by atoms with Crippen LogP contribution in [0.2, 0.25) is 10.0 Å². The first-order valence-corrected chi connectivity index (χ1v) is 8.83. The van der Waals surface area contributed by atoms with E-state index in [-0.39, 0.29) is 19.6 Å². The summed E-state index contributed by atoms with van der Waals surface area (Å²) in [4.78, 5) is 36.9. The van der Waals surface area contributed by atoms with Crippen molar-refractivity contribution in [2.24, 2.45) is 5.92 Å². The van der Waals surface area contributed by atoms with E-state index in [0.717, 1.165) is 5.56 Å². The number of esters is 1. The molecule has 0 bridgehead atoms. The van der Waals surface area contributed by atoms with Gasteiger partial charge in [-0.25, -0.2) is 0 Å². The average molecular weight is 393 g/mol. The van der Waals surface area contributed by atoms with Gasteiger partial charge in [-0.15, -0.1) is 0 Å². The minimum absolute atomic E-state index is 0.0692. The molecule has 1 aliphatic rings. The number of nitroso groups, excluding NO2 is 1. The van der Waals surface area contributed by atoms with Gasteiger partial charge >= 0.3 is 5.97 Å². The molecule has 134 valence electrons. The molecule has 2 atom stereocenters. The van der Waals surface area contributed by atoms with Crippen LogP contribution >= 0.6 is 23.2 Å². The van der Waals surface area contributed by atoms with Gasteiger partial charge in [0.05, 0.1) is 10.0 Å². The van der Waals surface area contributed by atoms with Crippen LogP contribution in [0.1, 0.15) is 11.1 Å². The molecule has 0 amide bonds. The summed E-state index contributed by atoms with van der Waals surface area (Å²) < 4.78 is 5.84. The highest BCUT2D eigenvalue weighted by atomic mass is 35.5. The van der Waals surface area contributed by atoms with E-state index in [2.05, 4.69) is 0 Å². The van der Waals surface area contributed by atoms with Gasteiger partial charge in [-0.3, -0.25) is 9.59 Å². The number of benzene rings is 2. The largest absolute Gasteiger partial charge is 0.460 e. The third-order valence-electron chi connectivity index (χ3n) is 4.30. The van der Waals surface area contributed by atoms with Crippen LogP contribution in [0.15, 0.2) is 48.5 Å². The van der Waals surface area contributed by atoms with Crippen molar-refractivity contribution in [1.29, 1.82) is 0 Å². The lowest BCUT2D eigenvalue weighted by Gasteiger charge is -2.07. The molecule has 2 aromatic carbocycles. The van der Waals surface area contributed by atoms with Crippen molar-refractivity contribution < 1.29 is 19.1 Å². The minimum Gasteiger partial charge on any atom is -0.460 e. The van der Waals surface area contributed by atoms with E-state index >= 15 is 0 Å². The highest BCUT2D eigenvalue weighted by molar-refractivity contribution is 6.42. The summed E-state index contributed by atoms with van der Waals surface area (Å²) in [6, 6.07) is 13.2. The molecule has 0 aliphatic carbocycles. The molecule has 2 unspecified atom stereocenters. The van der Waals surface area contributed by atoms with Crippen LogP contribution in [0.4, 0.5) is 0 Å². The Morgan fingerprint density at radius 3 is 2.50 bits per heavy atom. The van der Waals surface area contributed by atoms with E-state index in [4.69, 9.17) is 27.9 Å². The number of hydrogen-bond acceptors (Lipinski definition) is 4. The summed E-state index contributed by atoms with van der Waals surface area (Å²) in [6.45, 7) is -0.127. The van der Waals surface area contributed by atoms with E-state index in [1.165, 1.54) is 0 Å². The molecule has 1 heterocycles. The number of rotatable bonds is 5. The zero-order valence-electron chi connectivity index (χ0n) is 13.7. The van der Waals surface area contributed by atoms with Crippen LogP contribution in [-0.4, -0.2) is 29.1 Å². The lowest BCUT2D eigenvalue weighted by molar-refractivity contribution is -0.559. The molecule has 0 spiro atoms.